The number of aromatic nitrogens is 2. The molecule has 2 aliphatic rings. The number of nitrogens with one attached hydrogen (secondary N) is 2. The van der Waals surface area contributed by atoms with Crippen molar-refractivity contribution in [2.75, 3.05) is 44.8 Å². The van der Waals surface area contributed by atoms with Crippen LogP contribution >= 0.6 is 0 Å². The first-order valence-electron chi connectivity index (χ1n) is 10.1. The van der Waals surface area contributed by atoms with E-state index in [1.54, 1.807) is 18.9 Å². The SMILES string of the molecule is COc1c(N)ncnc1N/C(C=O)=C/C(C)=C1/C(=O)NC2(CCN(CC(F)F)CC2)N1C. The third-order valence-electron chi connectivity index (χ3n) is 5.79. The zero-order chi connectivity index (χ0) is 23.5. The summed E-state index contributed by atoms with van der Waals surface area (Å²) < 4.78 is 30.5. The number of amides is 1. The van der Waals surface area contributed by atoms with Crippen LogP contribution in [0.4, 0.5) is 20.4 Å². The molecular formula is C20H27F2N7O3. The highest BCUT2D eigenvalue weighted by Crippen LogP contribution is 2.35. The molecule has 3 rings (SSSR count). The Labute approximate surface area is 184 Å². The first kappa shape index (κ1) is 23.4. The Morgan fingerprint density at radius 3 is 2.69 bits per heavy atom. The molecule has 32 heavy (non-hydrogen) atoms. The van der Waals surface area contributed by atoms with E-state index in [2.05, 4.69) is 20.6 Å². The number of nitrogens with zero attached hydrogens (tertiary/aromatic N) is 4. The fourth-order valence-corrected chi connectivity index (χ4v) is 4.14. The summed E-state index contributed by atoms with van der Waals surface area (Å²) in [4.78, 5) is 35.9. The smallest absolute Gasteiger partial charge is 0.269 e. The highest BCUT2D eigenvalue weighted by molar-refractivity contribution is 5.97. The van der Waals surface area contributed by atoms with E-state index >= 15 is 0 Å². The number of allylic oxidation sites excluding steroid dienone is 3. The van der Waals surface area contributed by atoms with Crippen molar-refractivity contribution in [2.24, 2.45) is 0 Å². The number of nitrogens with two attached hydrogens (primary N) is 1. The maximum Gasteiger partial charge on any atom is 0.269 e. The summed E-state index contributed by atoms with van der Waals surface area (Å²) in [6.07, 6.45) is 1.99. The molecule has 0 saturated carbocycles. The number of ether oxygens (including phenoxy) is 1. The van der Waals surface area contributed by atoms with E-state index in [4.69, 9.17) is 10.5 Å². The Bertz CT molecular complexity index is 943. The summed E-state index contributed by atoms with van der Waals surface area (Å²) in [6.45, 7) is 2.34. The van der Waals surface area contributed by atoms with Crippen LogP contribution in [-0.4, -0.2) is 77.8 Å². The van der Waals surface area contributed by atoms with Crippen molar-refractivity contribution in [2.45, 2.75) is 31.9 Å². The minimum Gasteiger partial charge on any atom is -0.490 e. The van der Waals surface area contributed by atoms with E-state index in [-0.39, 0.29) is 35.5 Å². The number of methoxy groups -OCH3 is 1. The van der Waals surface area contributed by atoms with Crippen LogP contribution in [0.15, 0.2) is 29.4 Å². The number of piperidine rings is 1. The number of alkyl halides is 2. The molecule has 0 radical (unpaired) electrons. The second-order valence-electron chi connectivity index (χ2n) is 7.75. The van der Waals surface area contributed by atoms with Gasteiger partial charge < -0.3 is 26.0 Å². The standard InChI is InChI=1S/C20H27F2N7O3/c1-12(8-13(10-30)26-18-16(32-3)17(23)24-11-25-18)15-19(31)27-20(28(15)2)4-6-29(7-5-20)9-14(21)22/h8,10-11,14H,4-7,9H2,1-3H3,(H,27,31)(H3,23,24,25,26)/b13-8+,15-12-. The summed E-state index contributed by atoms with van der Waals surface area (Å²) in [5.41, 5.74) is 6.22. The molecule has 0 unspecified atom stereocenters. The van der Waals surface area contributed by atoms with Crippen LogP contribution in [-0.2, 0) is 9.59 Å². The molecule has 4 N–H and O–H groups in total. The maximum absolute atomic E-state index is 12.8. The average molecular weight is 451 g/mol. The molecule has 12 heteroatoms. The Morgan fingerprint density at radius 1 is 1.41 bits per heavy atom. The molecule has 0 aliphatic carbocycles. The van der Waals surface area contributed by atoms with Crippen molar-refractivity contribution in [1.29, 1.82) is 0 Å². The monoisotopic (exact) mass is 451 g/mol. The van der Waals surface area contributed by atoms with Crippen LogP contribution in [0.2, 0.25) is 0 Å². The molecule has 174 valence electrons. The molecule has 0 bridgehead atoms. The molecule has 3 heterocycles. The lowest BCUT2D eigenvalue weighted by molar-refractivity contribution is -0.117. The van der Waals surface area contributed by atoms with Crippen LogP contribution in [0.1, 0.15) is 19.8 Å². The minimum absolute atomic E-state index is 0.111. The third-order valence-corrected chi connectivity index (χ3v) is 5.79. The normalized spacial score (nSPS) is 20.5. The lowest BCUT2D eigenvalue weighted by Crippen LogP contribution is -2.57. The van der Waals surface area contributed by atoms with Crippen molar-refractivity contribution in [3.05, 3.63) is 29.4 Å². The molecule has 1 spiro atoms. The number of carbonyl (C=O) groups is 2. The largest absolute Gasteiger partial charge is 0.490 e. The first-order valence-corrected chi connectivity index (χ1v) is 10.1. The van der Waals surface area contributed by atoms with Crippen molar-refractivity contribution < 1.29 is 23.1 Å². The van der Waals surface area contributed by atoms with Gasteiger partial charge in [0.25, 0.3) is 12.3 Å². The number of rotatable bonds is 7. The molecule has 1 amide bonds. The zero-order valence-corrected chi connectivity index (χ0v) is 18.2. The molecule has 0 aromatic carbocycles. The summed E-state index contributed by atoms with van der Waals surface area (Å²) in [7, 11) is 3.19. The summed E-state index contributed by atoms with van der Waals surface area (Å²) in [5.74, 6) is 0.233. The van der Waals surface area contributed by atoms with E-state index in [9.17, 15) is 18.4 Å². The van der Waals surface area contributed by atoms with Crippen molar-refractivity contribution >= 4 is 23.8 Å². The van der Waals surface area contributed by atoms with Crippen molar-refractivity contribution in [1.82, 2.24) is 25.1 Å². The molecular weight excluding hydrogens is 424 g/mol. The Morgan fingerprint density at radius 2 is 2.09 bits per heavy atom. The van der Waals surface area contributed by atoms with E-state index < -0.39 is 12.1 Å². The number of hydrogen-bond acceptors (Lipinski definition) is 9. The van der Waals surface area contributed by atoms with Crippen LogP contribution in [0.25, 0.3) is 0 Å². The minimum atomic E-state index is -2.39. The van der Waals surface area contributed by atoms with Gasteiger partial charge in [0.05, 0.1) is 19.4 Å². The van der Waals surface area contributed by atoms with Crippen molar-refractivity contribution in [3.63, 3.8) is 0 Å². The number of anilines is 2. The predicted molar refractivity (Wildman–Crippen MR) is 114 cm³/mol. The molecule has 10 nitrogen and oxygen atoms in total. The van der Waals surface area contributed by atoms with Crippen molar-refractivity contribution in [3.8, 4) is 5.75 Å². The van der Waals surface area contributed by atoms with Gasteiger partial charge in [-0.1, -0.05) is 0 Å². The zero-order valence-electron chi connectivity index (χ0n) is 18.2. The number of aldehydes is 1. The van der Waals surface area contributed by atoms with Gasteiger partial charge >= 0.3 is 0 Å². The van der Waals surface area contributed by atoms with Crippen LogP contribution in [0, 0.1) is 0 Å². The fraction of sp³-hybridized carbons (Fsp3) is 0.500. The Hall–Kier alpha value is -3.28. The number of likely N-dealkylation sites (N-methyl/N-ethyl adjacent to an activating group) is 1. The summed E-state index contributed by atoms with van der Waals surface area (Å²) in [6, 6.07) is 0. The van der Waals surface area contributed by atoms with E-state index in [0.717, 1.165) is 0 Å². The average Bonchev–Trinajstić information content (AvgIpc) is 2.98. The number of halogens is 2. The number of nitrogen functional groups attached to an aromatic ring is 1. The maximum atomic E-state index is 12.8. The lowest BCUT2D eigenvalue weighted by Gasteiger charge is -2.43. The Kier molecular flexibility index (Phi) is 6.92. The molecule has 2 saturated heterocycles. The highest BCUT2D eigenvalue weighted by atomic mass is 19.3. The van der Waals surface area contributed by atoms with E-state index in [0.29, 0.717) is 43.5 Å². The van der Waals surface area contributed by atoms with Gasteiger partial charge in [-0.2, -0.15) is 0 Å². The van der Waals surface area contributed by atoms with Gasteiger partial charge in [-0.05, 0) is 18.6 Å². The predicted octanol–water partition coefficient (Wildman–Crippen LogP) is 0.955. The fourth-order valence-electron chi connectivity index (χ4n) is 4.14. The Balaban J connectivity index is 1.82. The summed E-state index contributed by atoms with van der Waals surface area (Å²) >= 11 is 0. The van der Waals surface area contributed by atoms with E-state index in [1.807, 2.05) is 4.90 Å². The van der Waals surface area contributed by atoms with Crippen LogP contribution in [0.3, 0.4) is 0 Å². The summed E-state index contributed by atoms with van der Waals surface area (Å²) in [5, 5.41) is 5.85. The van der Waals surface area contributed by atoms with Gasteiger partial charge in [0, 0.05) is 33.0 Å². The van der Waals surface area contributed by atoms with Gasteiger partial charge in [0.15, 0.2) is 17.9 Å². The van der Waals surface area contributed by atoms with Gasteiger partial charge in [0.1, 0.15) is 17.7 Å². The molecule has 2 aliphatic heterocycles. The van der Waals surface area contributed by atoms with Gasteiger partial charge in [0.2, 0.25) is 5.75 Å². The quantitative estimate of drug-likeness (QED) is 0.410. The molecule has 1 aromatic rings. The second-order valence-corrected chi connectivity index (χ2v) is 7.75. The number of hydrogen-bond donors (Lipinski definition) is 3. The van der Waals surface area contributed by atoms with Gasteiger partial charge in [-0.15, -0.1) is 0 Å². The van der Waals surface area contributed by atoms with Gasteiger partial charge in [-0.3, -0.25) is 14.5 Å². The van der Waals surface area contributed by atoms with Crippen LogP contribution in [0.5, 0.6) is 5.75 Å². The second kappa shape index (κ2) is 9.47. The topological polar surface area (TPSA) is 126 Å². The number of likely N-dealkylation sites (tertiary alicyclic amines) is 1. The first-order chi connectivity index (χ1) is 15.2. The van der Waals surface area contributed by atoms with Crippen LogP contribution < -0.4 is 21.1 Å². The molecule has 2 fully saturated rings. The third kappa shape index (κ3) is 4.64. The molecule has 1 aromatic heterocycles. The highest BCUT2D eigenvalue weighted by Gasteiger charge is 2.47. The van der Waals surface area contributed by atoms with Gasteiger partial charge in [-0.25, -0.2) is 18.7 Å². The van der Waals surface area contributed by atoms with E-state index in [1.165, 1.54) is 19.5 Å². The number of carbonyl (C=O) groups excluding carboxylic acids is 2. The molecule has 0 atom stereocenters. The lowest BCUT2D eigenvalue weighted by atomic mass is 9.96.